The number of sulfonamides is 1. The van der Waals surface area contributed by atoms with Crippen molar-refractivity contribution in [2.75, 3.05) is 31.2 Å². The lowest BCUT2D eigenvalue weighted by atomic mass is 10.3. The van der Waals surface area contributed by atoms with Gasteiger partial charge in [0.2, 0.25) is 15.9 Å². The molecule has 0 unspecified atom stereocenters. The highest BCUT2D eigenvalue weighted by atomic mass is 32.2. The molecule has 0 aliphatic heterocycles. The molecule has 0 saturated heterocycles. The van der Waals surface area contributed by atoms with Crippen LogP contribution in [0.2, 0.25) is 0 Å². The highest BCUT2D eigenvalue weighted by Crippen LogP contribution is 2.21. The van der Waals surface area contributed by atoms with Crippen LogP contribution < -0.4 is 4.31 Å². The van der Waals surface area contributed by atoms with Crippen LogP contribution in [0.4, 0.5) is 11.4 Å². The molecule has 1 aromatic rings. The molecule has 0 aromatic heterocycles. The second-order valence-electron chi connectivity index (χ2n) is 4.33. The fraction of sp³-hybridized carbons (Fsp3) is 0.364. The molecule has 20 heavy (non-hydrogen) atoms. The molecule has 0 spiro atoms. The lowest BCUT2D eigenvalue weighted by Crippen LogP contribution is -2.39. The number of nitro benzene ring substituents is 1. The van der Waals surface area contributed by atoms with E-state index in [4.69, 9.17) is 0 Å². The summed E-state index contributed by atoms with van der Waals surface area (Å²) >= 11 is 0. The van der Waals surface area contributed by atoms with Gasteiger partial charge >= 0.3 is 0 Å². The first kappa shape index (κ1) is 15.9. The van der Waals surface area contributed by atoms with Crippen molar-refractivity contribution >= 4 is 27.3 Å². The van der Waals surface area contributed by atoms with Gasteiger partial charge in [0.05, 0.1) is 16.9 Å². The molecule has 110 valence electrons. The summed E-state index contributed by atoms with van der Waals surface area (Å²) in [4.78, 5) is 22.9. The third-order valence-corrected chi connectivity index (χ3v) is 3.67. The smallest absolute Gasteiger partial charge is 0.269 e. The van der Waals surface area contributed by atoms with E-state index in [0.717, 1.165) is 10.6 Å². The van der Waals surface area contributed by atoms with E-state index < -0.39 is 20.9 Å². The number of likely N-dealkylation sites (N-methyl/N-ethyl adjacent to an activating group) is 1. The van der Waals surface area contributed by atoms with Crippen molar-refractivity contribution in [2.24, 2.45) is 0 Å². The zero-order chi connectivity index (χ0) is 15.5. The maximum Gasteiger partial charge on any atom is 0.269 e. The third kappa shape index (κ3) is 3.92. The number of hydrogen-bond donors (Lipinski definition) is 0. The first-order valence-corrected chi connectivity index (χ1v) is 7.40. The Balaban J connectivity index is 3.12. The van der Waals surface area contributed by atoms with E-state index in [9.17, 15) is 23.3 Å². The first-order chi connectivity index (χ1) is 9.12. The number of hydrogen-bond acceptors (Lipinski definition) is 5. The molecule has 0 N–H and O–H groups in total. The van der Waals surface area contributed by atoms with E-state index >= 15 is 0 Å². The summed E-state index contributed by atoms with van der Waals surface area (Å²) in [6.45, 7) is -0.357. The second-order valence-corrected chi connectivity index (χ2v) is 6.24. The number of non-ortho nitro benzene ring substituents is 1. The quantitative estimate of drug-likeness (QED) is 0.580. The lowest BCUT2D eigenvalue weighted by molar-refractivity contribution is -0.384. The molecular weight excluding hydrogens is 286 g/mol. The minimum Gasteiger partial charge on any atom is -0.347 e. The van der Waals surface area contributed by atoms with E-state index in [1.807, 2.05) is 0 Å². The average Bonchev–Trinajstić information content (AvgIpc) is 2.34. The van der Waals surface area contributed by atoms with Gasteiger partial charge in [-0.05, 0) is 12.1 Å². The minimum atomic E-state index is -3.66. The van der Waals surface area contributed by atoms with Gasteiger partial charge in [0, 0.05) is 26.2 Å². The zero-order valence-electron chi connectivity index (χ0n) is 11.3. The Labute approximate surface area is 116 Å². The number of amides is 1. The summed E-state index contributed by atoms with van der Waals surface area (Å²) in [5.41, 5.74) is 0.0504. The number of anilines is 1. The molecule has 0 atom stereocenters. The molecule has 1 aromatic carbocycles. The summed E-state index contributed by atoms with van der Waals surface area (Å²) in [5, 5.41) is 10.6. The molecule has 1 rings (SSSR count). The number of nitrogens with zero attached hydrogens (tertiary/aromatic N) is 3. The van der Waals surface area contributed by atoms with Crippen molar-refractivity contribution in [1.29, 1.82) is 0 Å². The van der Waals surface area contributed by atoms with Gasteiger partial charge in [0.1, 0.15) is 6.54 Å². The molecule has 0 aliphatic rings. The predicted molar refractivity (Wildman–Crippen MR) is 74.0 cm³/mol. The van der Waals surface area contributed by atoms with Crippen LogP contribution in [0.3, 0.4) is 0 Å². The Bertz CT molecular complexity index is 609. The van der Waals surface area contributed by atoms with Crippen LogP contribution in [0.15, 0.2) is 24.3 Å². The molecule has 0 fully saturated rings. The molecule has 0 heterocycles. The summed E-state index contributed by atoms with van der Waals surface area (Å²) in [6.07, 6.45) is 0.970. The summed E-state index contributed by atoms with van der Waals surface area (Å²) < 4.78 is 24.4. The lowest BCUT2D eigenvalue weighted by Gasteiger charge is -2.23. The molecule has 1 amide bonds. The van der Waals surface area contributed by atoms with Crippen molar-refractivity contribution in [3.8, 4) is 0 Å². The Morgan fingerprint density at radius 1 is 1.25 bits per heavy atom. The van der Waals surface area contributed by atoms with Gasteiger partial charge in [-0.1, -0.05) is 0 Å². The Kier molecular flexibility index (Phi) is 4.66. The van der Waals surface area contributed by atoms with Crippen LogP contribution in [0.25, 0.3) is 0 Å². The van der Waals surface area contributed by atoms with Crippen molar-refractivity contribution < 1.29 is 18.1 Å². The van der Waals surface area contributed by atoms with Crippen LogP contribution in [-0.4, -0.2) is 51.0 Å². The molecular formula is C11H15N3O5S. The fourth-order valence-electron chi connectivity index (χ4n) is 1.40. The molecule has 0 radical (unpaired) electrons. The number of carbonyl (C=O) groups is 1. The second kappa shape index (κ2) is 5.87. The molecule has 9 heteroatoms. The van der Waals surface area contributed by atoms with Gasteiger partial charge in [0.25, 0.3) is 5.69 Å². The van der Waals surface area contributed by atoms with E-state index in [0.29, 0.717) is 0 Å². The van der Waals surface area contributed by atoms with Gasteiger partial charge < -0.3 is 4.90 Å². The van der Waals surface area contributed by atoms with Crippen molar-refractivity contribution in [1.82, 2.24) is 4.90 Å². The van der Waals surface area contributed by atoms with Gasteiger partial charge in [0.15, 0.2) is 0 Å². The number of benzene rings is 1. The van der Waals surface area contributed by atoms with E-state index in [2.05, 4.69) is 0 Å². The zero-order valence-corrected chi connectivity index (χ0v) is 12.1. The van der Waals surface area contributed by atoms with Gasteiger partial charge in [-0.15, -0.1) is 0 Å². The topological polar surface area (TPSA) is 101 Å². The van der Waals surface area contributed by atoms with E-state index in [1.165, 1.54) is 43.3 Å². The third-order valence-electron chi connectivity index (χ3n) is 2.53. The first-order valence-electron chi connectivity index (χ1n) is 5.55. The SMILES string of the molecule is CN(C)C(=O)CN(c1ccc([N+](=O)[O-])cc1)S(C)(=O)=O. The highest BCUT2D eigenvalue weighted by Gasteiger charge is 2.22. The van der Waals surface area contributed by atoms with Crippen LogP contribution >= 0.6 is 0 Å². The number of rotatable bonds is 5. The van der Waals surface area contributed by atoms with Crippen LogP contribution in [0.1, 0.15) is 0 Å². The van der Waals surface area contributed by atoms with Gasteiger partial charge in [-0.2, -0.15) is 0 Å². The van der Waals surface area contributed by atoms with Crippen LogP contribution in [0, 0.1) is 10.1 Å². The van der Waals surface area contributed by atoms with Gasteiger partial charge in [-0.3, -0.25) is 19.2 Å². The van der Waals surface area contributed by atoms with Crippen molar-refractivity contribution in [2.45, 2.75) is 0 Å². The van der Waals surface area contributed by atoms with Gasteiger partial charge in [-0.25, -0.2) is 8.42 Å². The normalized spacial score (nSPS) is 10.9. The molecule has 0 saturated carbocycles. The maximum atomic E-state index is 11.7. The molecule has 8 nitrogen and oxygen atoms in total. The average molecular weight is 301 g/mol. The Hall–Kier alpha value is -2.16. The predicted octanol–water partition coefficient (Wildman–Crippen LogP) is 0.449. The standard InChI is InChI=1S/C11H15N3O5S/c1-12(2)11(15)8-13(20(3,18)19)9-4-6-10(7-5-9)14(16)17/h4-7H,8H2,1-3H3. The fourth-order valence-corrected chi connectivity index (χ4v) is 2.25. The molecule has 0 bridgehead atoms. The number of nitro groups is 1. The highest BCUT2D eigenvalue weighted by molar-refractivity contribution is 7.92. The number of carbonyl (C=O) groups excluding carboxylic acids is 1. The largest absolute Gasteiger partial charge is 0.347 e. The van der Waals surface area contributed by atoms with Crippen molar-refractivity contribution in [3.05, 3.63) is 34.4 Å². The Morgan fingerprint density at radius 3 is 2.10 bits per heavy atom. The summed E-state index contributed by atoms with van der Waals surface area (Å²) in [7, 11) is -0.639. The van der Waals surface area contributed by atoms with Crippen LogP contribution in [-0.2, 0) is 14.8 Å². The van der Waals surface area contributed by atoms with E-state index in [-0.39, 0.29) is 17.9 Å². The monoisotopic (exact) mass is 301 g/mol. The minimum absolute atomic E-state index is 0.152. The summed E-state index contributed by atoms with van der Waals surface area (Å²) in [5.74, 6) is -0.395. The van der Waals surface area contributed by atoms with Crippen molar-refractivity contribution in [3.63, 3.8) is 0 Å². The Morgan fingerprint density at radius 2 is 1.75 bits per heavy atom. The van der Waals surface area contributed by atoms with E-state index in [1.54, 1.807) is 0 Å². The summed E-state index contributed by atoms with van der Waals surface area (Å²) in [6, 6.07) is 4.96. The maximum absolute atomic E-state index is 11.7. The van der Waals surface area contributed by atoms with Crippen LogP contribution in [0.5, 0.6) is 0 Å². The molecule has 0 aliphatic carbocycles.